The smallest absolute Gasteiger partial charge is 0.280 e. The number of thiophene rings is 1. The van der Waals surface area contributed by atoms with E-state index in [1.54, 1.807) is 49.2 Å². The summed E-state index contributed by atoms with van der Waals surface area (Å²) in [5.74, 6) is -0.813. The summed E-state index contributed by atoms with van der Waals surface area (Å²) in [5.41, 5.74) is 8.09. The number of ether oxygens (including phenoxy) is 1. The Hall–Kier alpha value is -4.65. The fraction of sp³-hybridized carbons (Fsp3) is 0.192. The van der Waals surface area contributed by atoms with Gasteiger partial charge >= 0.3 is 0 Å². The van der Waals surface area contributed by atoms with Gasteiger partial charge in [-0.15, -0.1) is 11.3 Å². The minimum Gasteiger partial charge on any atom is -0.497 e. The quantitative estimate of drug-likeness (QED) is 0.243. The third-order valence-corrected chi connectivity index (χ3v) is 7.21. The molecule has 0 spiro atoms. The zero-order chi connectivity index (χ0) is 27.8. The average Bonchev–Trinajstić information content (AvgIpc) is 3.65. The molecule has 0 saturated heterocycles. The Bertz CT molecular complexity index is 1720. The highest BCUT2D eigenvalue weighted by atomic mass is 32.1. The molecule has 0 saturated carbocycles. The van der Waals surface area contributed by atoms with Crippen LogP contribution in [0, 0.1) is 6.92 Å². The van der Waals surface area contributed by atoms with Crippen molar-refractivity contribution in [3.05, 3.63) is 64.6 Å². The van der Waals surface area contributed by atoms with Crippen molar-refractivity contribution < 1.29 is 23.1 Å². The Kier molecular flexibility index (Phi) is 6.83. The van der Waals surface area contributed by atoms with E-state index in [2.05, 4.69) is 25.6 Å². The lowest BCUT2D eigenvalue weighted by Crippen LogP contribution is -2.17. The van der Waals surface area contributed by atoms with Gasteiger partial charge in [-0.1, -0.05) is 12.1 Å². The molecule has 5 aromatic rings. The minimum absolute atomic E-state index is 0.0217. The number of aromatic nitrogens is 5. The number of benzene rings is 1. The Morgan fingerprint density at radius 1 is 1.23 bits per heavy atom. The van der Waals surface area contributed by atoms with Crippen LogP contribution in [0.5, 0.6) is 5.75 Å². The monoisotopic (exact) mass is 551 g/mol. The first-order valence-corrected chi connectivity index (χ1v) is 12.6. The first-order valence-electron chi connectivity index (χ1n) is 11.8. The third kappa shape index (κ3) is 4.83. The van der Waals surface area contributed by atoms with E-state index >= 15 is 0 Å². The van der Waals surface area contributed by atoms with Crippen LogP contribution in [0.25, 0.3) is 32.6 Å². The molecule has 0 aliphatic rings. The molecule has 200 valence electrons. The van der Waals surface area contributed by atoms with Crippen LogP contribution in [0.3, 0.4) is 0 Å². The second-order valence-electron chi connectivity index (χ2n) is 8.58. The van der Waals surface area contributed by atoms with E-state index in [4.69, 9.17) is 10.5 Å². The zero-order valence-corrected chi connectivity index (χ0v) is 21.9. The number of nitrogens with one attached hydrogen (secondary N) is 2. The molecule has 4 N–H and O–H groups in total. The highest BCUT2D eigenvalue weighted by molar-refractivity contribution is 7.21. The lowest BCUT2D eigenvalue weighted by molar-refractivity contribution is 0.100. The van der Waals surface area contributed by atoms with Crippen LogP contribution in [-0.2, 0) is 6.54 Å². The molecule has 0 aliphatic carbocycles. The number of carbonyl (C=O) groups is 2. The van der Waals surface area contributed by atoms with Gasteiger partial charge in [-0.2, -0.15) is 10.2 Å². The van der Waals surface area contributed by atoms with E-state index in [1.165, 1.54) is 6.07 Å². The number of H-pyrrole nitrogens is 1. The summed E-state index contributed by atoms with van der Waals surface area (Å²) in [6.07, 6.45) is -1.13. The van der Waals surface area contributed by atoms with Crippen molar-refractivity contribution in [3.8, 4) is 28.1 Å². The molecule has 4 aromatic heterocycles. The zero-order valence-electron chi connectivity index (χ0n) is 21.1. The molecular formula is C26H23F2N7O3S. The van der Waals surface area contributed by atoms with Crippen molar-refractivity contribution in [3.63, 3.8) is 0 Å². The number of rotatable bonds is 8. The number of carbonyl (C=O) groups excluding carboxylic acids is 2. The fourth-order valence-electron chi connectivity index (χ4n) is 4.23. The van der Waals surface area contributed by atoms with E-state index in [1.807, 2.05) is 13.0 Å². The van der Waals surface area contributed by atoms with E-state index in [0.29, 0.717) is 40.2 Å². The molecule has 4 heterocycles. The second kappa shape index (κ2) is 10.3. The topological polar surface area (TPSA) is 141 Å². The number of nitrogens with zero attached hydrogens (tertiary/aromatic N) is 4. The number of hydrogen-bond acceptors (Lipinski definition) is 7. The summed E-state index contributed by atoms with van der Waals surface area (Å²) in [5, 5.41) is 14.4. The Morgan fingerprint density at radius 3 is 2.69 bits per heavy atom. The molecule has 0 fully saturated rings. The molecule has 0 aliphatic heterocycles. The average molecular weight is 552 g/mol. The van der Waals surface area contributed by atoms with Gasteiger partial charge < -0.3 is 15.8 Å². The largest absolute Gasteiger partial charge is 0.497 e. The third-order valence-electron chi connectivity index (χ3n) is 6.12. The van der Waals surface area contributed by atoms with Crippen LogP contribution in [0.1, 0.15) is 44.9 Å². The van der Waals surface area contributed by atoms with Crippen molar-refractivity contribution in [2.75, 3.05) is 12.4 Å². The van der Waals surface area contributed by atoms with Gasteiger partial charge in [-0.25, -0.2) is 13.8 Å². The number of anilines is 1. The van der Waals surface area contributed by atoms with E-state index in [-0.39, 0.29) is 21.1 Å². The normalized spacial score (nSPS) is 11.3. The highest BCUT2D eigenvalue weighted by Crippen LogP contribution is 2.43. The molecular weight excluding hydrogens is 528 g/mol. The number of hydrogen-bond donors (Lipinski definition) is 3. The number of methoxy groups -OCH3 is 1. The van der Waals surface area contributed by atoms with Gasteiger partial charge in [-0.05, 0) is 43.7 Å². The molecule has 0 radical (unpaired) electrons. The Labute approximate surface area is 224 Å². The second-order valence-corrected chi connectivity index (χ2v) is 9.58. The molecule has 13 heteroatoms. The van der Waals surface area contributed by atoms with E-state index < -0.39 is 23.9 Å². The first kappa shape index (κ1) is 26.0. The predicted molar refractivity (Wildman–Crippen MR) is 143 cm³/mol. The van der Waals surface area contributed by atoms with Crippen molar-refractivity contribution in [1.82, 2.24) is 25.0 Å². The molecule has 1 aromatic carbocycles. The fourth-order valence-corrected chi connectivity index (χ4v) is 5.24. The number of fused-ring (bicyclic) bond motifs is 1. The molecule has 0 atom stereocenters. The number of primary amides is 1. The summed E-state index contributed by atoms with van der Waals surface area (Å²) in [6.45, 7) is 4.21. The van der Waals surface area contributed by atoms with Gasteiger partial charge in [0, 0.05) is 29.3 Å². The number of aryl methyl sites for hydroxylation is 2. The van der Waals surface area contributed by atoms with E-state index in [9.17, 15) is 18.4 Å². The molecule has 2 amide bonds. The maximum Gasteiger partial charge on any atom is 0.280 e. The summed E-state index contributed by atoms with van der Waals surface area (Å²) in [7, 11) is 1.55. The number of halogens is 2. The number of amides is 2. The van der Waals surface area contributed by atoms with Crippen molar-refractivity contribution in [2.45, 2.75) is 26.8 Å². The van der Waals surface area contributed by atoms with Gasteiger partial charge in [0.1, 0.15) is 26.8 Å². The van der Waals surface area contributed by atoms with Crippen LogP contribution >= 0.6 is 11.3 Å². The van der Waals surface area contributed by atoms with E-state index in [0.717, 1.165) is 16.9 Å². The SMILES string of the molecule is CCn1cc(-c2cc(C(F)F)nc3sc(C(N)=O)c(NC(=O)c4cc(-c5cccc(OC)c5)n[nH]4)c23)c(C)n1. The summed E-state index contributed by atoms with van der Waals surface area (Å²) >= 11 is 0.834. The van der Waals surface area contributed by atoms with Gasteiger partial charge in [0.15, 0.2) is 0 Å². The van der Waals surface area contributed by atoms with Crippen LogP contribution in [0.15, 0.2) is 42.6 Å². The van der Waals surface area contributed by atoms with Crippen molar-refractivity contribution in [1.29, 1.82) is 0 Å². The van der Waals surface area contributed by atoms with Crippen LogP contribution in [-0.4, -0.2) is 43.9 Å². The molecule has 5 rings (SSSR count). The standard InChI is InChI=1S/C26H23F2N7O3S/c1-4-35-11-16(12(2)34-35)15-9-18(23(27)28)30-26-20(15)21(22(39-26)24(29)36)31-25(37)19-10-17(32-33-19)13-6-5-7-14(8-13)38-3/h5-11,23H,4H2,1-3H3,(H2,29,36)(H,31,37)(H,32,33). The van der Waals surface area contributed by atoms with Crippen molar-refractivity contribution in [2.24, 2.45) is 5.73 Å². The number of alkyl halides is 2. The molecule has 0 bridgehead atoms. The number of aromatic amines is 1. The van der Waals surface area contributed by atoms with Gasteiger partial charge in [0.05, 0.1) is 24.2 Å². The summed E-state index contributed by atoms with van der Waals surface area (Å²) in [4.78, 5) is 29.9. The molecule has 0 unspecified atom stereocenters. The van der Waals surface area contributed by atoms with Crippen LogP contribution in [0.2, 0.25) is 0 Å². The Balaban J connectivity index is 1.62. The van der Waals surface area contributed by atoms with Gasteiger partial charge in [-0.3, -0.25) is 19.4 Å². The predicted octanol–water partition coefficient (Wildman–Crippen LogP) is 5.18. The summed E-state index contributed by atoms with van der Waals surface area (Å²) < 4.78 is 34.5. The summed E-state index contributed by atoms with van der Waals surface area (Å²) in [6, 6.07) is 9.97. The van der Waals surface area contributed by atoms with Gasteiger partial charge in [0.2, 0.25) is 0 Å². The van der Waals surface area contributed by atoms with Crippen LogP contribution < -0.4 is 15.8 Å². The molecule has 10 nitrogen and oxygen atoms in total. The number of nitrogens with two attached hydrogens (primary N) is 1. The maximum atomic E-state index is 13.8. The van der Waals surface area contributed by atoms with Crippen LogP contribution in [0.4, 0.5) is 14.5 Å². The number of pyridine rings is 1. The highest BCUT2D eigenvalue weighted by Gasteiger charge is 2.27. The first-order chi connectivity index (χ1) is 18.7. The lowest BCUT2D eigenvalue weighted by atomic mass is 10.0. The van der Waals surface area contributed by atoms with Gasteiger partial charge in [0.25, 0.3) is 18.2 Å². The lowest BCUT2D eigenvalue weighted by Gasteiger charge is -2.10. The maximum absolute atomic E-state index is 13.8. The van der Waals surface area contributed by atoms with Crippen molar-refractivity contribution >= 4 is 39.1 Å². The Morgan fingerprint density at radius 2 is 2.03 bits per heavy atom. The molecule has 39 heavy (non-hydrogen) atoms. The minimum atomic E-state index is -2.85.